The lowest BCUT2D eigenvalue weighted by molar-refractivity contribution is -0.136. The predicted molar refractivity (Wildman–Crippen MR) is 72.8 cm³/mol. The van der Waals surface area contributed by atoms with E-state index in [1.165, 1.54) is 12.1 Å². The normalized spacial score (nSPS) is 9.60. The number of hydrogen-bond acceptors (Lipinski definition) is 4. The summed E-state index contributed by atoms with van der Waals surface area (Å²) in [7, 11) is 0. The van der Waals surface area contributed by atoms with Gasteiger partial charge in [0.2, 0.25) is 0 Å². The van der Waals surface area contributed by atoms with Crippen LogP contribution in [0.1, 0.15) is 23.2 Å². The number of benzene rings is 1. The second kappa shape index (κ2) is 7.73. The molecule has 0 bridgehead atoms. The average Bonchev–Trinajstić information content (AvgIpc) is 2.42. The highest BCUT2D eigenvalue weighted by molar-refractivity contribution is 5.98. The zero-order valence-corrected chi connectivity index (χ0v) is 10.8. The molecule has 0 unspecified atom stereocenters. The number of ketones is 1. The number of rotatable bonds is 7. The van der Waals surface area contributed by atoms with Crippen LogP contribution in [0.5, 0.6) is 0 Å². The van der Waals surface area contributed by atoms with Gasteiger partial charge in [0.05, 0.1) is 6.42 Å². The molecule has 2 N–H and O–H groups in total. The smallest absolute Gasteiger partial charge is 0.411 e. The van der Waals surface area contributed by atoms with Crippen molar-refractivity contribution in [1.82, 2.24) is 0 Å². The largest absolute Gasteiger partial charge is 0.481 e. The molecule has 1 aromatic rings. The van der Waals surface area contributed by atoms with Crippen molar-refractivity contribution in [3.8, 4) is 0 Å². The SMILES string of the molecule is C=CCOC(=O)Nc1cccc(C(=O)CCC(=O)O)c1. The summed E-state index contributed by atoms with van der Waals surface area (Å²) < 4.78 is 4.74. The summed E-state index contributed by atoms with van der Waals surface area (Å²) in [6.45, 7) is 3.50. The number of anilines is 1. The minimum Gasteiger partial charge on any atom is -0.481 e. The van der Waals surface area contributed by atoms with Crippen molar-refractivity contribution in [2.75, 3.05) is 11.9 Å². The van der Waals surface area contributed by atoms with Crippen LogP contribution in [0.4, 0.5) is 10.5 Å². The van der Waals surface area contributed by atoms with Crippen molar-refractivity contribution in [1.29, 1.82) is 0 Å². The number of hydrogen-bond donors (Lipinski definition) is 2. The van der Waals surface area contributed by atoms with Gasteiger partial charge in [0.15, 0.2) is 5.78 Å². The van der Waals surface area contributed by atoms with E-state index in [9.17, 15) is 14.4 Å². The molecular formula is C14H15NO5. The minimum atomic E-state index is -1.03. The maximum absolute atomic E-state index is 11.7. The van der Waals surface area contributed by atoms with Crippen LogP contribution in [0.15, 0.2) is 36.9 Å². The van der Waals surface area contributed by atoms with Crippen LogP contribution >= 0.6 is 0 Å². The fraction of sp³-hybridized carbons (Fsp3) is 0.214. The molecule has 0 aliphatic rings. The molecule has 0 heterocycles. The number of carbonyl (C=O) groups is 3. The summed E-state index contributed by atoms with van der Waals surface area (Å²) in [6, 6.07) is 6.23. The molecule has 1 amide bonds. The first-order valence-electron chi connectivity index (χ1n) is 5.92. The molecule has 6 heteroatoms. The lowest BCUT2D eigenvalue weighted by Crippen LogP contribution is -2.14. The first-order chi connectivity index (χ1) is 9.52. The Morgan fingerprint density at radius 3 is 2.70 bits per heavy atom. The van der Waals surface area contributed by atoms with Crippen molar-refractivity contribution >= 4 is 23.5 Å². The number of aliphatic carboxylic acids is 1. The quantitative estimate of drug-likeness (QED) is 0.590. The Morgan fingerprint density at radius 1 is 1.30 bits per heavy atom. The van der Waals surface area contributed by atoms with Crippen LogP contribution < -0.4 is 5.32 Å². The third kappa shape index (κ3) is 5.34. The molecule has 1 aromatic carbocycles. The Hall–Kier alpha value is -2.63. The summed E-state index contributed by atoms with van der Waals surface area (Å²) in [5.74, 6) is -1.32. The van der Waals surface area contributed by atoms with E-state index in [-0.39, 0.29) is 25.2 Å². The Kier molecular flexibility index (Phi) is 5.96. The third-order valence-electron chi connectivity index (χ3n) is 2.33. The molecule has 0 fully saturated rings. The molecule has 0 aromatic heterocycles. The van der Waals surface area contributed by atoms with Crippen LogP contribution in [0.25, 0.3) is 0 Å². The van der Waals surface area contributed by atoms with Gasteiger partial charge in [-0.25, -0.2) is 4.79 Å². The standard InChI is InChI=1S/C14H15NO5/c1-2-8-20-14(19)15-11-5-3-4-10(9-11)12(16)6-7-13(17)18/h2-5,9H,1,6-8H2,(H,15,19)(H,17,18). The zero-order valence-electron chi connectivity index (χ0n) is 10.8. The second-order valence-electron chi connectivity index (χ2n) is 3.91. The van der Waals surface area contributed by atoms with Crippen molar-refractivity contribution in [2.24, 2.45) is 0 Å². The number of carbonyl (C=O) groups excluding carboxylic acids is 2. The summed E-state index contributed by atoms with van der Waals surface area (Å²) in [4.78, 5) is 33.5. The van der Waals surface area contributed by atoms with Crippen molar-refractivity contribution < 1.29 is 24.2 Å². The maximum Gasteiger partial charge on any atom is 0.411 e. The van der Waals surface area contributed by atoms with E-state index in [0.29, 0.717) is 11.3 Å². The highest BCUT2D eigenvalue weighted by Gasteiger charge is 2.10. The fourth-order valence-electron chi connectivity index (χ4n) is 1.42. The van der Waals surface area contributed by atoms with E-state index in [1.54, 1.807) is 18.2 Å². The average molecular weight is 277 g/mol. The Morgan fingerprint density at radius 2 is 2.05 bits per heavy atom. The molecule has 0 saturated carbocycles. The van der Waals surface area contributed by atoms with Gasteiger partial charge >= 0.3 is 12.1 Å². The maximum atomic E-state index is 11.7. The van der Waals surface area contributed by atoms with E-state index >= 15 is 0 Å². The van der Waals surface area contributed by atoms with E-state index in [0.717, 1.165) is 0 Å². The van der Waals surface area contributed by atoms with Crippen LogP contribution in [-0.2, 0) is 9.53 Å². The number of carboxylic acids is 1. The summed E-state index contributed by atoms with van der Waals surface area (Å²) in [5.41, 5.74) is 0.744. The number of amides is 1. The van der Waals surface area contributed by atoms with Crippen molar-refractivity contribution in [3.63, 3.8) is 0 Å². The van der Waals surface area contributed by atoms with Gasteiger partial charge in [0, 0.05) is 17.7 Å². The number of nitrogens with one attached hydrogen (secondary N) is 1. The fourth-order valence-corrected chi connectivity index (χ4v) is 1.42. The van der Waals surface area contributed by atoms with Crippen LogP contribution in [0.3, 0.4) is 0 Å². The molecule has 0 spiro atoms. The number of Topliss-reactive ketones (excluding diaryl/α,β-unsaturated/α-hetero) is 1. The molecule has 0 aliphatic carbocycles. The second-order valence-corrected chi connectivity index (χ2v) is 3.91. The summed E-state index contributed by atoms with van der Waals surface area (Å²) in [5, 5.41) is 11.0. The summed E-state index contributed by atoms with van der Waals surface area (Å²) >= 11 is 0. The molecule has 20 heavy (non-hydrogen) atoms. The first kappa shape index (κ1) is 15.4. The van der Waals surface area contributed by atoms with E-state index < -0.39 is 12.1 Å². The topological polar surface area (TPSA) is 92.7 Å². The van der Waals surface area contributed by atoms with Gasteiger partial charge in [-0.2, -0.15) is 0 Å². The number of ether oxygens (including phenoxy) is 1. The zero-order chi connectivity index (χ0) is 15.0. The van der Waals surface area contributed by atoms with E-state index in [1.807, 2.05) is 0 Å². The monoisotopic (exact) mass is 277 g/mol. The van der Waals surface area contributed by atoms with Crippen molar-refractivity contribution in [3.05, 3.63) is 42.5 Å². The van der Waals surface area contributed by atoms with E-state index in [4.69, 9.17) is 9.84 Å². The van der Waals surface area contributed by atoms with Gasteiger partial charge in [-0.1, -0.05) is 24.8 Å². The molecule has 0 radical (unpaired) electrons. The highest BCUT2D eigenvalue weighted by atomic mass is 16.5. The summed E-state index contributed by atoms with van der Waals surface area (Å²) in [6.07, 6.45) is 0.475. The van der Waals surface area contributed by atoms with Gasteiger partial charge in [0.25, 0.3) is 0 Å². The van der Waals surface area contributed by atoms with Gasteiger partial charge in [0.1, 0.15) is 6.61 Å². The van der Waals surface area contributed by atoms with Gasteiger partial charge in [-0.05, 0) is 12.1 Å². The molecule has 0 atom stereocenters. The molecule has 6 nitrogen and oxygen atoms in total. The lowest BCUT2D eigenvalue weighted by Gasteiger charge is -2.06. The van der Waals surface area contributed by atoms with Crippen LogP contribution in [-0.4, -0.2) is 29.6 Å². The Bertz CT molecular complexity index is 524. The van der Waals surface area contributed by atoms with Crippen molar-refractivity contribution in [2.45, 2.75) is 12.8 Å². The van der Waals surface area contributed by atoms with Gasteiger partial charge in [-0.15, -0.1) is 0 Å². The molecule has 106 valence electrons. The first-order valence-corrected chi connectivity index (χ1v) is 5.92. The Labute approximate surface area is 116 Å². The molecule has 0 aliphatic heterocycles. The molecule has 0 saturated heterocycles. The van der Waals surface area contributed by atoms with E-state index in [2.05, 4.69) is 11.9 Å². The molecular weight excluding hydrogens is 262 g/mol. The minimum absolute atomic E-state index is 0.0836. The van der Waals surface area contributed by atoms with Crippen LogP contribution in [0.2, 0.25) is 0 Å². The van der Waals surface area contributed by atoms with Gasteiger partial charge < -0.3 is 9.84 Å². The Balaban J connectivity index is 2.65. The van der Waals surface area contributed by atoms with Crippen LogP contribution in [0, 0.1) is 0 Å². The van der Waals surface area contributed by atoms with Gasteiger partial charge in [-0.3, -0.25) is 14.9 Å². The molecule has 1 rings (SSSR count). The highest BCUT2D eigenvalue weighted by Crippen LogP contribution is 2.13. The number of carboxylic acid groups (broad SMARTS) is 1. The third-order valence-corrected chi connectivity index (χ3v) is 2.33. The predicted octanol–water partition coefficient (Wildman–Crippen LogP) is 2.47. The lowest BCUT2D eigenvalue weighted by atomic mass is 10.1.